The number of aliphatic hydroxyl groups is 2. The molecule has 11 rings (SSSR count). The molecule has 6 saturated heterocycles. The van der Waals surface area contributed by atoms with Gasteiger partial charge in [0.05, 0.1) is 102 Å². The lowest BCUT2D eigenvalue weighted by Crippen LogP contribution is -2.35. The van der Waals surface area contributed by atoms with Crippen molar-refractivity contribution < 1.29 is 101 Å². The molecule has 21 heteroatoms. The zero-order valence-corrected chi connectivity index (χ0v) is 44.9. The van der Waals surface area contributed by atoms with Gasteiger partial charge >= 0.3 is 29.8 Å². The van der Waals surface area contributed by atoms with Crippen molar-refractivity contribution in [1.29, 1.82) is 0 Å². The van der Waals surface area contributed by atoms with Gasteiger partial charge in [-0.1, -0.05) is 72.8 Å². The number of hydrogen-bond donors (Lipinski definition) is 2. The third-order valence-corrected chi connectivity index (χ3v) is 13.9. The van der Waals surface area contributed by atoms with Gasteiger partial charge in [-0.2, -0.15) is 0 Å². The van der Waals surface area contributed by atoms with Gasteiger partial charge < -0.3 is 71.8 Å². The van der Waals surface area contributed by atoms with Crippen molar-refractivity contribution in [1.82, 2.24) is 0 Å². The highest BCUT2D eigenvalue weighted by Gasteiger charge is 2.51. The number of aliphatic hydroxyl groups excluding tert-OH is 2. The van der Waals surface area contributed by atoms with E-state index >= 15 is 0 Å². The van der Waals surface area contributed by atoms with Crippen LogP contribution in [0.1, 0.15) is 80.2 Å². The molecule has 430 valence electrons. The maximum absolute atomic E-state index is 12.5. The second kappa shape index (κ2) is 28.9. The van der Waals surface area contributed by atoms with E-state index in [1.807, 2.05) is 60.7 Å². The Morgan fingerprint density at radius 3 is 0.988 bits per heavy atom. The van der Waals surface area contributed by atoms with Crippen molar-refractivity contribution in [3.8, 4) is 0 Å². The van der Waals surface area contributed by atoms with Crippen LogP contribution >= 0.6 is 0 Å². The van der Waals surface area contributed by atoms with Crippen molar-refractivity contribution in [2.24, 2.45) is 0 Å². The van der Waals surface area contributed by atoms with Gasteiger partial charge in [0.1, 0.15) is 61.0 Å². The van der Waals surface area contributed by atoms with Crippen LogP contribution in [0, 0.1) is 0 Å². The Balaban J connectivity index is 0.000000148. The Labute approximate surface area is 467 Å². The summed E-state index contributed by atoms with van der Waals surface area (Å²) in [6.45, 7) is 4.37. The Morgan fingerprint density at radius 2 is 0.642 bits per heavy atom. The Hall–Kier alpha value is -7.28. The summed E-state index contributed by atoms with van der Waals surface area (Å²) in [7, 11) is 3.91. The maximum Gasteiger partial charge on any atom is 0.338 e. The first-order valence-corrected chi connectivity index (χ1v) is 26.1. The number of benzene rings is 5. The number of Topliss-reactive ketones (excluding diaryl/α,β-unsaturated/α-hetero) is 1. The van der Waals surface area contributed by atoms with E-state index in [4.69, 9.17) is 47.4 Å². The van der Waals surface area contributed by atoms with E-state index < -0.39 is 66.5 Å². The standard InChI is InChI=1S/C22H22O7.C15H16O7.C13H16O4.C10H10O3/c1-25-21(23)15-7-9-16(10-8-15)22(24)29-18-13-28-19-17(12-27-20(18)19)26-11-14-5-3-2-4-6-14;1-19-14(17)8-2-4-9(5-3-8)15(18)22-11-7-21-12-10(16)6-20-13(11)12;14-10-7-16-13-11(8-17-12(10)13)15-6-9-4-2-1-3-5-9;1-7(11)8-3-5-9(6-4-8)10(12)13-2/h2-10,17-20H,11-13H2,1H3;2-5,10-13,16H,6-7H2,1H3;1-5,10-14H,6-8H2;3-6H,1-2H3/t17-,18+,19?,20?;2*10-,11+,12?,13?;/m001./s1. The van der Waals surface area contributed by atoms with Crippen LogP contribution in [-0.4, -0.2) is 180 Å². The van der Waals surface area contributed by atoms with Crippen LogP contribution in [0.4, 0.5) is 0 Å². The quantitative estimate of drug-likeness (QED) is 0.0847. The summed E-state index contributed by atoms with van der Waals surface area (Å²) in [6, 6.07) is 38.3. The molecule has 6 fully saturated rings. The molecule has 6 unspecified atom stereocenters. The number of ether oxygens (including phenoxy) is 13. The number of methoxy groups -OCH3 is 3. The van der Waals surface area contributed by atoms with E-state index in [-0.39, 0.29) is 62.2 Å². The van der Waals surface area contributed by atoms with Crippen LogP contribution < -0.4 is 0 Å². The Kier molecular flexibility index (Phi) is 21.4. The second-order valence-corrected chi connectivity index (χ2v) is 19.2. The highest BCUT2D eigenvalue weighted by atomic mass is 16.7. The molecule has 6 heterocycles. The number of rotatable bonds is 14. The molecule has 81 heavy (non-hydrogen) atoms. The second-order valence-electron chi connectivity index (χ2n) is 19.2. The van der Waals surface area contributed by atoms with Crippen molar-refractivity contribution in [3.05, 3.63) is 178 Å². The molecule has 0 amide bonds. The van der Waals surface area contributed by atoms with E-state index in [2.05, 4.69) is 14.2 Å². The summed E-state index contributed by atoms with van der Waals surface area (Å²) < 4.78 is 69.8. The molecule has 6 aliphatic rings. The summed E-state index contributed by atoms with van der Waals surface area (Å²) in [5.74, 6) is -2.37. The molecular weight excluding hydrogens is 1060 g/mol. The number of hydrogen-bond acceptors (Lipinski definition) is 21. The number of ketones is 1. The molecule has 0 radical (unpaired) electrons. The fourth-order valence-electron chi connectivity index (χ4n) is 9.45. The molecule has 0 aromatic heterocycles. The smallest absolute Gasteiger partial charge is 0.338 e. The fourth-order valence-corrected chi connectivity index (χ4v) is 9.45. The van der Waals surface area contributed by atoms with E-state index in [0.717, 1.165) is 11.1 Å². The summed E-state index contributed by atoms with van der Waals surface area (Å²) in [5, 5.41) is 19.2. The van der Waals surface area contributed by atoms with Crippen molar-refractivity contribution >= 4 is 35.6 Å². The van der Waals surface area contributed by atoms with Crippen LogP contribution in [0.25, 0.3) is 0 Å². The lowest BCUT2D eigenvalue weighted by Gasteiger charge is -2.17. The highest BCUT2D eigenvalue weighted by Crippen LogP contribution is 2.33. The van der Waals surface area contributed by atoms with Gasteiger partial charge in [-0.05, 0) is 78.7 Å². The van der Waals surface area contributed by atoms with E-state index in [1.165, 1.54) is 76.8 Å². The third kappa shape index (κ3) is 15.6. The lowest BCUT2D eigenvalue weighted by atomic mass is 10.1. The molecule has 5 aromatic carbocycles. The summed E-state index contributed by atoms with van der Waals surface area (Å²) in [5.41, 5.74) is 4.63. The van der Waals surface area contributed by atoms with Gasteiger partial charge in [-0.3, -0.25) is 4.79 Å². The molecule has 0 spiro atoms. The number of fused-ring (bicyclic) bond motifs is 3. The van der Waals surface area contributed by atoms with Crippen LogP contribution in [0.2, 0.25) is 0 Å². The van der Waals surface area contributed by atoms with Crippen molar-refractivity contribution in [3.63, 3.8) is 0 Å². The average Bonchev–Trinajstić information content (AvgIpc) is 4.59. The lowest BCUT2D eigenvalue weighted by molar-refractivity contribution is -0.0471. The summed E-state index contributed by atoms with van der Waals surface area (Å²) in [4.78, 5) is 69.3. The first kappa shape index (κ1) is 59.8. The maximum atomic E-state index is 12.5. The van der Waals surface area contributed by atoms with Crippen molar-refractivity contribution in [2.75, 3.05) is 61.0 Å². The largest absolute Gasteiger partial charge is 0.465 e. The van der Waals surface area contributed by atoms with Crippen LogP contribution in [-0.2, 0) is 74.8 Å². The minimum Gasteiger partial charge on any atom is -0.465 e. The summed E-state index contributed by atoms with van der Waals surface area (Å²) >= 11 is 0. The molecular formula is C60H64O21. The number of carbonyl (C=O) groups excluding carboxylic acids is 6. The topological polar surface area (TPSA) is 263 Å². The van der Waals surface area contributed by atoms with Gasteiger partial charge in [0.2, 0.25) is 0 Å². The Bertz CT molecular complexity index is 2870. The molecule has 12 atom stereocenters. The van der Waals surface area contributed by atoms with Crippen LogP contribution in [0.3, 0.4) is 0 Å². The van der Waals surface area contributed by atoms with E-state index in [9.17, 15) is 39.0 Å². The third-order valence-electron chi connectivity index (χ3n) is 13.9. The Morgan fingerprint density at radius 1 is 0.370 bits per heavy atom. The van der Waals surface area contributed by atoms with Gasteiger partial charge in [-0.25, -0.2) is 24.0 Å². The molecule has 2 N–H and O–H groups in total. The zero-order valence-electron chi connectivity index (χ0n) is 44.9. The van der Waals surface area contributed by atoms with Gasteiger partial charge in [0, 0.05) is 5.56 Å². The van der Waals surface area contributed by atoms with E-state index in [0.29, 0.717) is 66.4 Å². The van der Waals surface area contributed by atoms with Gasteiger partial charge in [0.15, 0.2) is 18.0 Å². The molecule has 5 aromatic rings. The highest BCUT2D eigenvalue weighted by molar-refractivity contribution is 5.96. The number of esters is 5. The van der Waals surface area contributed by atoms with Crippen molar-refractivity contribution in [2.45, 2.75) is 93.4 Å². The number of carbonyl (C=O) groups is 6. The molecule has 6 aliphatic heterocycles. The first-order chi connectivity index (χ1) is 39.2. The molecule has 0 aliphatic carbocycles. The molecule has 0 saturated carbocycles. The minimum atomic E-state index is -0.687. The average molecular weight is 1120 g/mol. The minimum absolute atomic E-state index is 0.0172. The van der Waals surface area contributed by atoms with E-state index in [1.54, 1.807) is 24.3 Å². The van der Waals surface area contributed by atoms with Crippen LogP contribution in [0.15, 0.2) is 133 Å². The summed E-state index contributed by atoms with van der Waals surface area (Å²) in [6.07, 6.45) is -4.35. The monoisotopic (exact) mass is 1120 g/mol. The zero-order chi connectivity index (χ0) is 57.4. The molecule has 21 nitrogen and oxygen atoms in total. The fraction of sp³-hybridized carbons (Fsp3) is 0.400. The predicted molar refractivity (Wildman–Crippen MR) is 282 cm³/mol. The molecule has 0 bridgehead atoms. The van der Waals surface area contributed by atoms with Gasteiger partial charge in [-0.15, -0.1) is 0 Å². The normalized spacial score (nSPS) is 26.3. The van der Waals surface area contributed by atoms with Gasteiger partial charge in [0.25, 0.3) is 0 Å². The SMILES string of the molecule is COC(=O)c1ccc(C(=O)O[C@@H]2COC3C2OC[C@@H]3O)cc1.COC(=O)c1ccc(C(=O)O[C@@H]2COC3C2OC[C@@H]3OCc2ccccc2)cc1.COC(=O)c1ccc(C(C)=O)cc1.O[C@@H]1COC2C1OC[C@@H]2OCc1ccccc1. The predicted octanol–water partition coefficient (Wildman–Crippen LogP) is 4.94. The first-order valence-electron chi connectivity index (χ1n) is 26.1. The van der Waals surface area contributed by atoms with Crippen LogP contribution in [0.5, 0.6) is 0 Å².